The Hall–Kier alpha value is -0.780. The molecule has 0 spiro atoms. The third kappa shape index (κ3) is 3.41. The van der Waals surface area contributed by atoms with Gasteiger partial charge in [0.1, 0.15) is 6.17 Å². The van der Waals surface area contributed by atoms with Crippen LogP contribution in [0.2, 0.25) is 0 Å². The van der Waals surface area contributed by atoms with Crippen molar-refractivity contribution in [2.75, 3.05) is 6.54 Å². The van der Waals surface area contributed by atoms with Crippen molar-refractivity contribution in [3.63, 3.8) is 0 Å². The zero-order valence-corrected chi connectivity index (χ0v) is 4.72. The van der Waals surface area contributed by atoms with E-state index in [9.17, 15) is 0 Å². The maximum absolute atomic E-state index is 5.26. The number of hydrogen-bond acceptors (Lipinski definition) is 2. The van der Waals surface area contributed by atoms with Gasteiger partial charge < -0.3 is 5.73 Å². The number of terminal acetylenes is 1. The van der Waals surface area contributed by atoms with E-state index in [1.54, 1.807) is 6.08 Å². The molecule has 1 atom stereocenters. The summed E-state index contributed by atoms with van der Waals surface area (Å²) in [7, 11) is 0. The highest BCUT2D eigenvalue weighted by Crippen LogP contribution is 1.64. The molecule has 0 amide bonds. The van der Waals surface area contributed by atoms with Gasteiger partial charge >= 0.3 is 0 Å². The van der Waals surface area contributed by atoms with Gasteiger partial charge in [-0.25, -0.2) is 0 Å². The number of rotatable bonds is 3. The van der Waals surface area contributed by atoms with Crippen LogP contribution >= 0.6 is 0 Å². The minimum Gasteiger partial charge on any atom is -0.306 e. The maximum atomic E-state index is 5.26. The van der Waals surface area contributed by atoms with Crippen molar-refractivity contribution in [1.82, 2.24) is 5.32 Å². The summed E-state index contributed by atoms with van der Waals surface area (Å²) in [6.45, 7) is 4.14. The Morgan fingerprint density at radius 2 is 2.62 bits per heavy atom. The first-order valence-corrected chi connectivity index (χ1v) is 2.37. The van der Waals surface area contributed by atoms with Crippen LogP contribution in [0, 0.1) is 12.3 Å². The average molecular weight is 110 g/mol. The zero-order chi connectivity index (χ0) is 6.41. The van der Waals surface area contributed by atoms with Crippen molar-refractivity contribution in [3.8, 4) is 12.3 Å². The molecule has 2 nitrogen and oxygen atoms in total. The number of nitrogens with two attached hydrogens (primary N) is 1. The molecule has 0 aromatic rings. The lowest BCUT2D eigenvalue weighted by Crippen LogP contribution is -2.35. The highest BCUT2D eigenvalue weighted by molar-refractivity contribution is 4.95. The van der Waals surface area contributed by atoms with Gasteiger partial charge in [-0.1, -0.05) is 12.0 Å². The van der Waals surface area contributed by atoms with Crippen LogP contribution in [-0.4, -0.2) is 12.7 Å². The van der Waals surface area contributed by atoms with Crippen molar-refractivity contribution >= 4 is 0 Å². The molecule has 0 aromatic heterocycles. The minimum atomic E-state index is -0.340. The molecule has 0 saturated heterocycles. The predicted octanol–water partition coefficient (Wildman–Crippen LogP) is -0.320. The standard InChI is InChI=1S/C6H10N2/c1-3-5-8-6(7)4-2/h2-3,6,8H,1,5,7H2. The van der Waals surface area contributed by atoms with Gasteiger partial charge in [-0.2, -0.15) is 0 Å². The van der Waals surface area contributed by atoms with Crippen molar-refractivity contribution in [3.05, 3.63) is 12.7 Å². The second-order valence-electron chi connectivity index (χ2n) is 1.34. The fourth-order valence-corrected chi connectivity index (χ4v) is 0.269. The molecule has 8 heavy (non-hydrogen) atoms. The van der Waals surface area contributed by atoms with Crippen LogP contribution in [0.5, 0.6) is 0 Å². The lowest BCUT2D eigenvalue weighted by atomic mass is 10.5. The third-order valence-electron chi connectivity index (χ3n) is 0.662. The molecule has 0 bridgehead atoms. The van der Waals surface area contributed by atoms with Crippen LogP contribution in [0.4, 0.5) is 0 Å². The monoisotopic (exact) mass is 110 g/mol. The van der Waals surface area contributed by atoms with E-state index in [1.165, 1.54) is 0 Å². The molecule has 0 rings (SSSR count). The van der Waals surface area contributed by atoms with Crippen molar-refractivity contribution in [1.29, 1.82) is 0 Å². The van der Waals surface area contributed by atoms with Crippen molar-refractivity contribution < 1.29 is 0 Å². The minimum absolute atomic E-state index is 0.340. The molecule has 0 fully saturated rings. The molecule has 0 aliphatic heterocycles. The Kier molecular flexibility index (Phi) is 3.95. The van der Waals surface area contributed by atoms with Gasteiger partial charge in [-0.05, 0) is 0 Å². The van der Waals surface area contributed by atoms with Gasteiger partial charge in [0.05, 0.1) is 0 Å². The third-order valence-corrected chi connectivity index (χ3v) is 0.662. The summed E-state index contributed by atoms with van der Waals surface area (Å²) in [6, 6.07) is 0. The quantitative estimate of drug-likeness (QED) is 0.297. The van der Waals surface area contributed by atoms with Crippen LogP contribution in [0.3, 0.4) is 0 Å². The molecule has 0 aromatic carbocycles. The normalized spacial score (nSPS) is 12.0. The molecule has 1 unspecified atom stereocenters. The highest BCUT2D eigenvalue weighted by atomic mass is 15.0. The second kappa shape index (κ2) is 4.38. The van der Waals surface area contributed by atoms with E-state index in [-0.39, 0.29) is 6.17 Å². The summed E-state index contributed by atoms with van der Waals surface area (Å²) in [5, 5.41) is 2.81. The molecule has 0 saturated carbocycles. The lowest BCUT2D eigenvalue weighted by Gasteiger charge is -2.01. The maximum Gasteiger partial charge on any atom is 0.118 e. The molecular weight excluding hydrogens is 100 g/mol. The topological polar surface area (TPSA) is 38.0 Å². The summed E-state index contributed by atoms with van der Waals surface area (Å²) in [5.74, 6) is 2.32. The van der Waals surface area contributed by atoms with E-state index in [4.69, 9.17) is 12.2 Å². The van der Waals surface area contributed by atoms with Crippen LogP contribution in [0.1, 0.15) is 0 Å². The largest absolute Gasteiger partial charge is 0.306 e. The Morgan fingerprint density at radius 1 is 2.00 bits per heavy atom. The Morgan fingerprint density at radius 3 is 3.00 bits per heavy atom. The molecule has 0 radical (unpaired) electrons. The first kappa shape index (κ1) is 7.22. The number of nitrogens with one attached hydrogen (secondary N) is 1. The van der Waals surface area contributed by atoms with E-state index in [1.807, 2.05) is 0 Å². The summed E-state index contributed by atoms with van der Waals surface area (Å²) < 4.78 is 0. The van der Waals surface area contributed by atoms with Crippen LogP contribution in [0.25, 0.3) is 0 Å². The number of hydrogen-bond donors (Lipinski definition) is 2. The van der Waals surface area contributed by atoms with Gasteiger partial charge in [0, 0.05) is 6.54 Å². The van der Waals surface area contributed by atoms with Crippen LogP contribution in [0.15, 0.2) is 12.7 Å². The van der Waals surface area contributed by atoms with Gasteiger partial charge in [0.2, 0.25) is 0 Å². The molecular formula is C6H10N2. The Balaban J connectivity index is 3.14. The van der Waals surface area contributed by atoms with Gasteiger partial charge in [0.25, 0.3) is 0 Å². The van der Waals surface area contributed by atoms with E-state index in [0.717, 1.165) is 0 Å². The molecule has 2 heteroatoms. The van der Waals surface area contributed by atoms with Gasteiger partial charge in [-0.3, -0.25) is 5.32 Å². The zero-order valence-electron chi connectivity index (χ0n) is 4.72. The molecule has 0 heterocycles. The van der Waals surface area contributed by atoms with Gasteiger partial charge in [0.15, 0.2) is 0 Å². The molecule has 3 N–H and O–H groups in total. The summed E-state index contributed by atoms with van der Waals surface area (Å²) >= 11 is 0. The SMILES string of the molecule is C#CC(N)NCC=C. The Bertz CT molecular complexity index is 102. The van der Waals surface area contributed by atoms with Crippen LogP contribution in [-0.2, 0) is 0 Å². The predicted molar refractivity (Wildman–Crippen MR) is 35.0 cm³/mol. The fourth-order valence-electron chi connectivity index (χ4n) is 0.269. The van der Waals surface area contributed by atoms with E-state index in [2.05, 4.69) is 17.8 Å². The van der Waals surface area contributed by atoms with Crippen molar-refractivity contribution in [2.24, 2.45) is 5.73 Å². The van der Waals surface area contributed by atoms with E-state index in [0.29, 0.717) is 6.54 Å². The first-order chi connectivity index (χ1) is 3.81. The molecule has 0 aliphatic rings. The highest BCUT2D eigenvalue weighted by Gasteiger charge is 1.87. The smallest absolute Gasteiger partial charge is 0.118 e. The molecule has 0 aliphatic carbocycles. The molecule has 44 valence electrons. The fraction of sp³-hybridized carbons (Fsp3) is 0.333. The first-order valence-electron chi connectivity index (χ1n) is 2.37. The summed E-state index contributed by atoms with van der Waals surface area (Å²) in [5.41, 5.74) is 5.26. The van der Waals surface area contributed by atoms with Gasteiger partial charge in [-0.15, -0.1) is 13.0 Å². The van der Waals surface area contributed by atoms with Crippen molar-refractivity contribution in [2.45, 2.75) is 6.17 Å². The Labute approximate surface area is 49.8 Å². The van der Waals surface area contributed by atoms with Crippen LogP contribution < -0.4 is 11.1 Å². The summed E-state index contributed by atoms with van der Waals surface area (Å²) in [4.78, 5) is 0. The lowest BCUT2D eigenvalue weighted by molar-refractivity contribution is 0.678. The second-order valence-corrected chi connectivity index (χ2v) is 1.34. The van der Waals surface area contributed by atoms with E-state index >= 15 is 0 Å². The van der Waals surface area contributed by atoms with E-state index < -0.39 is 0 Å². The average Bonchev–Trinajstić information content (AvgIpc) is 1.83. The summed E-state index contributed by atoms with van der Waals surface area (Å²) in [6.07, 6.45) is 6.31.